The minimum absolute atomic E-state index is 0.194. The predicted molar refractivity (Wildman–Crippen MR) is 138 cm³/mol. The normalized spacial score (nSPS) is 12.9. The van der Waals surface area contributed by atoms with Crippen molar-refractivity contribution in [2.75, 3.05) is 20.2 Å². The molecule has 0 aliphatic heterocycles. The standard InChI is InChI=1S/C14H20FNO.C10H20.2C2H6/c1-4-14(17-9-5-8-16-3)12-7-6-11(2)13(15)10-12;1-2-3-4-5-7-10-8-6-9-10;2*1-2/h4,6-7,10,16H,5,8-9H2,1-3H3;10H,2-9H2,1H3;2*1-2H3. The first kappa shape index (κ1) is 31.8. The summed E-state index contributed by atoms with van der Waals surface area (Å²) in [4.78, 5) is 0. The van der Waals surface area contributed by atoms with Crippen LogP contribution < -0.4 is 5.32 Å². The lowest BCUT2D eigenvalue weighted by molar-refractivity contribution is 0.270. The van der Waals surface area contributed by atoms with Gasteiger partial charge in [0.05, 0.1) is 6.61 Å². The summed E-state index contributed by atoms with van der Waals surface area (Å²) in [5, 5.41) is 3.06. The first-order valence-corrected chi connectivity index (χ1v) is 12.8. The van der Waals surface area contributed by atoms with Crippen LogP contribution in [0.1, 0.15) is 110 Å². The Hall–Kier alpha value is -1.35. The summed E-state index contributed by atoms with van der Waals surface area (Å²) in [5.74, 6) is 1.68. The maximum Gasteiger partial charge on any atom is 0.126 e. The predicted octanol–water partition coefficient (Wildman–Crippen LogP) is 8.93. The van der Waals surface area contributed by atoms with Gasteiger partial charge in [0.15, 0.2) is 0 Å². The second-order valence-electron chi connectivity index (χ2n) is 7.57. The molecule has 0 amide bonds. The molecular weight excluding hydrogens is 385 g/mol. The number of ether oxygens (including phenoxy) is 1. The van der Waals surface area contributed by atoms with Gasteiger partial charge in [0, 0.05) is 5.56 Å². The summed E-state index contributed by atoms with van der Waals surface area (Å²) in [5.41, 5.74) is 1.44. The molecule has 0 heterocycles. The van der Waals surface area contributed by atoms with Crippen molar-refractivity contribution in [1.82, 2.24) is 5.32 Å². The van der Waals surface area contributed by atoms with Crippen molar-refractivity contribution in [2.24, 2.45) is 5.92 Å². The van der Waals surface area contributed by atoms with Gasteiger partial charge in [-0.2, -0.15) is 0 Å². The van der Waals surface area contributed by atoms with E-state index in [2.05, 4.69) is 12.2 Å². The van der Waals surface area contributed by atoms with E-state index in [1.807, 2.05) is 53.8 Å². The topological polar surface area (TPSA) is 21.3 Å². The van der Waals surface area contributed by atoms with Gasteiger partial charge in [-0.05, 0) is 57.5 Å². The molecule has 1 saturated carbocycles. The van der Waals surface area contributed by atoms with Crippen LogP contribution >= 0.6 is 0 Å². The van der Waals surface area contributed by atoms with Gasteiger partial charge in [0.2, 0.25) is 0 Å². The molecule has 1 fully saturated rings. The van der Waals surface area contributed by atoms with Crippen LogP contribution in [-0.2, 0) is 4.74 Å². The molecule has 0 atom stereocenters. The number of rotatable bonds is 11. The zero-order valence-electron chi connectivity index (χ0n) is 22.0. The van der Waals surface area contributed by atoms with Crippen LogP contribution in [-0.4, -0.2) is 20.2 Å². The number of aryl methyl sites for hydroxylation is 1. The molecule has 2 rings (SSSR count). The Bertz CT molecular complexity index is 538. The highest BCUT2D eigenvalue weighted by atomic mass is 19.1. The Labute approximate surface area is 194 Å². The molecule has 0 unspecified atom stereocenters. The van der Waals surface area contributed by atoms with Crippen LogP contribution in [0.5, 0.6) is 0 Å². The molecule has 1 aliphatic rings. The molecule has 0 bridgehead atoms. The Kier molecular flexibility index (Phi) is 23.9. The fourth-order valence-corrected chi connectivity index (χ4v) is 3.15. The van der Waals surface area contributed by atoms with Crippen LogP contribution in [0.3, 0.4) is 0 Å². The van der Waals surface area contributed by atoms with Gasteiger partial charge in [-0.25, -0.2) is 4.39 Å². The highest BCUT2D eigenvalue weighted by molar-refractivity contribution is 5.59. The SMILES string of the molecule is CC.CC.CC=C(OCCCNC)c1ccc(C)c(F)c1.CCCCCCC1CCC1. The smallest absolute Gasteiger partial charge is 0.126 e. The van der Waals surface area contributed by atoms with Crippen LogP contribution in [0, 0.1) is 18.7 Å². The summed E-state index contributed by atoms with van der Waals surface area (Å²) in [6.07, 6.45) is 14.7. The van der Waals surface area contributed by atoms with E-state index in [0.29, 0.717) is 12.2 Å². The minimum Gasteiger partial charge on any atom is -0.493 e. The molecule has 1 aliphatic carbocycles. The van der Waals surface area contributed by atoms with Crippen molar-refractivity contribution in [3.63, 3.8) is 0 Å². The van der Waals surface area contributed by atoms with E-state index in [1.54, 1.807) is 13.0 Å². The highest BCUT2D eigenvalue weighted by Gasteiger charge is 2.15. The van der Waals surface area contributed by atoms with Gasteiger partial charge < -0.3 is 10.1 Å². The van der Waals surface area contributed by atoms with Crippen LogP contribution in [0.25, 0.3) is 5.76 Å². The highest BCUT2D eigenvalue weighted by Crippen LogP contribution is 2.31. The van der Waals surface area contributed by atoms with Crippen molar-refractivity contribution in [3.05, 3.63) is 41.2 Å². The molecule has 0 saturated heterocycles. The molecule has 182 valence electrons. The first-order chi connectivity index (χ1) is 15.1. The number of hydrogen-bond donors (Lipinski definition) is 1. The van der Waals surface area contributed by atoms with E-state index in [4.69, 9.17) is 4.74 Å². The Morgan fingerprint density at radius 3 is 2.26 bits per heavy atom. The molecular formula is C28H52FNO. The van der Waals surface area contributed by atoms with Gasteiger partial charge in [-0.1, -0.05) is 98.1 Å². The van der Waals surface area contributed by atoms with Crippen molar-refractivity contribution in [1.29, 1.82) is 0 Å². The number of allylic oxidation sites excluding steroid dienone is 1. The second-order valence-corrected chi connectivity index (χ2v) is 7.57. The average molecular weight is 438 g/mol. The number of hydrogen-bond acceptors (Lipinski definition) is 2. The second kappa shape index (κ2) is 23.3. The maximum absolute atomic E-state index is 13.4. The van der Waals surface area contributed by atoms with Gasteiger partial charge in [-0.3, -0.25) is 0 Å². The summed E-state index contributed by atoms with van der Waals surface area (Å²) in [6, 6.07) is 5.17. The van der Waals surface area contributed by atoms with Crippen molar-refractivity contribution in [3.8, 4) is 0 Å². The fraction of sp³-hybridized carbons (Fsp3) is 0.714. The quantitative estimate of drug-likeness (QED) is 0.275. The largest absolute Gasteiger partial charge is 0.493 e. The zero-order chi connectivity index (χ0) is 23.9. The molecule has 1 aromatic rings. The number of unbranched alkanes of at least 4 members (excludes halogenated alkanes) is 3. The van der Waals surface area contributed by atoms with Crippen molar-refractivity contribution < 1.29 is 9.13 Å². The molecule has 0 aromatic heterocycles. The van der Waals surface area contributed by atoms with Crippen molar-refractivity contribution >= 4 is 5.76 Å². The molecule has 0 spiro atoms. The third-order valence-corrected chi connectivity index (χ3v) is 5.24. The minimum atomic E-state index is -0.194. The summed E-state index contributed by atoms with van der Waals surface area (Å²) < 4.78 is 19.1. The van der Waals surface area contributed by atoms with E-state index >= 15 is 0 Å². The number of halogens is 1. The molecule has 1 N–H and O–H groups in total. The van der Waals surface area contributed by atoms with Gasteiger partial charge >= 0.3 is 0 Å². The van der Waals surface area contributed by atoms with Crippen LogP contribution in [0.4, 0.5) is 4.39 Å². The Balaban J connectivity index is 0. The summed E-state index contributed by atoms with van der Waals surface area (Å²) in [6.45, 7) is 15.5. The lowest BCUT2D eigenvalue weighted by atomic mass is 9.82. The van der Waals surface area contributed by atoms with Gasteiger partial charge in [-0.15, -0.1) is 0 Å². The van der Waals surface area contributed by atoms with Crippen LogP contribution in [0.15, 0.2) is 24.3 Å². The molecule has 31 heavy (non-hydrogen) atoms. The van der Waals surface area contributed by atoms with E-state index in [1.165, 1.54) is 57.4 Å². The summed E-state index contributed by atoms with van der Waals surface area (Å²) >= 11 is 0. The maximum atomic E-state index is 13.4. The lowest BCUT2D eigenvalue weighted by Gasteiger charge is -2.24. The van der Waals surface area contributed by atoms with Gasteiger partial charge in [0.25, 0.3) is 0 Å². The lowest BCUT2D eigenvalue weighted by Crippen LogP contribution is -2.10. The Morgan fingerprint density at radius 2 is 1.77 bits per heavy atom. The summed E-state index contributed by atoms with van der Waals surface area (Å²) in [7, 11) is 1.91. The fourth-order valence-electron chi connectivity index (χ4n) is 3.15. The van der Waals surface area contributed by atoms with Gasteiger partial charge in [0.1, 0.15) is 11.6 Å². The Morgan fingerprint density at radius 1 is 1.10 bits per heavy atom. The molecule has 1 aromatic carbocycles. The molecule has 3 heteroatoms. The van der Waals surface area contributed by atoms with E-state index in [0.717, 1.165) is 30.2 Å². The van der Waals surface area contributed by atoms with E-state index in [9.17, 15) is 4.39 Å². The third-order valence-electron chi connectivity index (χ3n) is 5.24. The van der Waals surface area contributed by atoms with Crippen molar-refractivity contribution in [2.45, 2.75) is 106 Å². The van der Waals surface area contributed by atoms with E-state index in [-0.39, 0.29) is 5.82 Å². The first-order valence-electron chi connectivity index (χ1n) is 12.8. The average Bonchev–Trinajstić information content (AvgIpc) is 2.78. The number of nitrogens with one attached hydrogen (secondary N) is 1. The molecule has 0 radical (unpaired) electrons. The third kappa shape index (κ3) is 16.0. The van der Waals surface area contributed by atoms with Crippen LogP contribution in [0.2, 0.25) is 0 Å². The molecule has 2 nitrogen and oxygen atoms in total. The zero-order valence-corrected chi connectivity index (χ0v) is 22.0. The monoisotopic (exact) mass is 437 g/mol. The number of benzene rings is 1. The van der Waals surface area contributed by atoms with E-state index < -0.39 is 0 Å².